The van der Waals surface area contributed by atoms with E-state index in [-0.39, 0.29) is 12.0 Å². The molecule has 0 unspecified atom stereocenters. The number of aromatic nitrogens is 1. The lowest BCUT2D eigenvalue weighted by atomic mass is 10.1. The normalized spacial score (nSPS) is 13.7. The number of halogens is 2. The van der Waals surface area contributed by atoms with Crippen LogP contribution in [0.3, 0.4) is 0 Å². The molecule has 6 heteroatoms. The Balaban J connectivity index is 2.57. The molecule has 1 aromatic carbocycles. The fourth-order valence-corrected chi connectivity index (χ4v) is 3.04. The van der Waals surface area contributed by atoms with Gasteiger partial charge >= 0.3 is 0 Å². The molecule has 0 fully saturated rings. The van der Waals surface area contributed by atoms with Crippen LogP contribution in [0, 0.1) is 9.39 Å². The van der Waals surface area contributed by atoms with E-state index in [2.05, 4.69) is 0 Å². The predicted octanol–water partition coefficient (Wildman–Crippen LogP) is 1.63. The number of benzene rings is 1. The molecule has 1 aliphatic heterocycles. The maximum absolute atomic E-state index is 13.5. The summed E-state index contributed by atoms with van der Waals surface area (Å²) in [5, 5.41) is 9.70. The number of pyridine rings is 1. The van der Waals surface area contributed by atoms with Crippen LogP contribution in [0.4, 0.5) is 4.39 Å². The second kappa shape index (κ2) is 4.20. The fraction of sp³-hybridized carbons (Fsp3) is 0.250. The molecule has 0 aliphatic carbocycles. The average Bonchev–Trinajstić information content (AvgIpc) is 2.36. The lowest BCUT2D eigenvalue weighted by Crippen LogP contribution is -2.25. The van der Waals surface area contributed by atoms with Crippen molar-refractivity contribution in [2.75, 3.05) is 6.61 Å². The summed E-state index contributed by atoms with van der Waals surface area (Å²) in [5.41, 5.74) is 0.860. The van der Waals surface area contributed by atoms with Crippen LogP contribution in [-0.2, 0) is 13.2 Å². The molecule has 0 spiro atoms. The van der Waals surface area contributed by atoms with Gasteiger partial charge in [0.15, 0.2) is 0 Å². The summed E-state index contributed by atoms with van der Waals surface area (Å²) in [6.07, 6.45) is 0. The molecule has 1 aliphatic rings. The molecule has 0 saturated carbocycles. The Labute approximate surface area is 115 Å². The summed E-state index contributed by atoms with van der Waals surface area (Å²) in [7, 11) is 0. The van der Waals surface area contributed by atoms with Crippen LogP contribution < -0.4 is 10.2 Å². The summed E-state index contributed by atoms with van der Waals surface area (Å²) in [4.78, 5) is 12.2. The van der Waals surface area contributed by atoms with Gasteiger partial charge in [-0.2, -0.15) is 0 Å². The summed E-state index contributed by atoms with van der Waals surface area (Å²) in [6, 6.07) is 2.49. The predicted molar refractivity (Wildman–Crippen MR) is 72.3 cm³/mol. The minimum absolute atomic E-state index is 0.222. The van der Waals surface area contributed by atoms with Gasteiger partial charge in [0.05, 0.1) is 33.3 Å². The van der Waals surface area contributed by atoms with Crippen LogP contribution in [0.5, 0.6) is 5.75 Å². The highest BCUT2D eigenvalue weighted by Crippen LogP contribution is 2.30. The van der Waals surface area contributed by atoms with Crippen molar-refractivity contribution in [3.05, 3.63) is 37.4 Å². The van der Waals surface area contributed by atoms with Gasteiger partial charge in [0, 0.05) is 6.07 Å². The Morgan fingerprint density at radius 2 is 2.28 bits per heavy atom. The van der Waals surface area contributed by atoms with E-state index in [9.17, 15) is 14.3 Å². The topological polar surface area (TPSA) is 51.5 Å². The van der Waals surface area contributed by atoms with E-state index in [0.717, 1.165) is 0 Å². The first-order chi connectivity index (χ1) is 8.63. The van der Waals surface area contributed by atoms with Crippen molar-refractivity contribution in [3.8, 4) is 5.75 Å². The van der Waals surface area contributed by atoms with Gasteiger partial charge in [0.2, 0.25) is 5.43 Å². The van der Waals surface area contributed by atoms with Crippen LogP contribution in [0.25, 0.3) is 10.9 Å². The monoisotopic (exact) mass is 361 g/mol. The van der Waals surface area contributed by atoms with Gasteiger partial charge < -0.3 is 14.4 Å². The largest absolute Gasteiger partial charge is 0.489 e. The smallest absolute Gasteiger partial charge is 0.203 e. The number of hydrogen-bond acceptors (Lipinski definition) is 3. The van der Waals surface area contributed by atoms with E-state index in [0.29, 0.717) is 39.1 Å². The molecular formula is C12H9FINO3. The highest BCUT2D eigenvalue weighted by Gasteiger charge is 2.21. The number of nitrogens with zero attached hydrogens (tertiary/aromatic N) is 1. The third-order valence-corrected chi connectivity index (χ3v) is 4.17. The van der Waals surface area contributed by atoms with Gasteiger partial charge in [0.1, 0.15) is 18.2 Å². The van der Waals surface area contributed by atoms with E-state index in [4.69, 9.17) is 4.74 Å². The molecule has 2 heterocycles. The molecule has 3 rings (SSSR count). The minimum atomic E-state index is -0.490. The van der Waals surface area contributed by atoms with Crippen molar-refractivity contribution in [3.63, 3.8) is 0 Å². The first-order valence-electron chi connectivity index (χ1n) is 5.41. The van der Waals surface area contributed by atoms with Crippen LogP contribution in [0.15, 0.2) is 16.9 Å². The molecule has 0 bridgehead atoms. The quantitative estimate of drug-likeness (QED) is 0.786. The molecule has 2 aromatic rings. The second-order valence-electron chi connectivity index (χ2n) is 4.05. The van der Waals surface area contributed by atoms with Crippen LogP contribution in [-0.4, -0.2) is 16.3 Å². The third kappa shape index (κ3) is 1.55. The lowest BCUT2D eigenvalue weighted by Gasteiger charge is -2.24. The lowest BCUT2D eigenvalue weighted by molar-refractivity contribution is 0.249. The number of ether oxygens (including phenoxy) is 1. The summed E-state index contributed by atoms with van der Waals surface area (Å²) < 4.78 is 21.1. The van der Waals surface area contributed by atoms with Gasteiger partial charge in [-0.15, -0.1) is 0 Å². The number of aliphatic hydroxyl groups excluding tert-OH is 1. The first-order valence-corrected chi connectivity index (χ1v) is 6.49. The Morgan fingerprint density at radius 3 is 3.00 bits per heavy atom. The van der Waals surface area contributed by atoms with Crippen molar-refractivity contribution in [1.29, 1.82) is 0 Å². The van der Waals surface area contributed by atoms with Gasteiger partial charge in [-0.05, 0) is 28.7 Å². The molecule has 0 atom stereocenters. The zero-order valence-electron chi connectivity index (χ0n) is 9.24. The maximum Gasteiger partial charge on any atom is 0.203 e. The van der Waals surface area contributed by atoms with Crippen molar-refractivity contribution >= 4 is 33.5 Å². The molecule has 4 nitrogen and oxygen atoms in total. The fourth-order valence-electron chi connectivity index (χ4n) is 2.29. The molecule has 18 heavy (non-hydrogen) atoms. The number of aliphatic hydroxyl groups is 1. The average molecular weight is 361 g/mol. The SMILES string of the molecule is O=c1c(I)c(CO)n2c3c(cc(F)cc13)OCC2. The summed E-state index contributed by atoms with van der Waals surface area (Å²) >= 11 is 1.89. The van der Waals surface area contributed by atoms with Gasteiger partial charge in [0.25, 0.3) is 0 Å². The Bertz CT molecular complexity index is 711. The molecular weight excluding hydrogens is 352 g/mol. The third-order valence-electron chi connectivity index (χ3n) is 3.06. The molecule has 0 saturated heterocycles. The molecule has 94 valence electrons. The van der Waals surface area contributed by atoms with Crippen LogP contribution >= 0.6 is 22.6 Å². The second-order valence-corrected chi connectivity index (χ2v) is 5.13. The Hall–Kier alpha value is -1.15. The number of hydrogen-bond donors (Lipinski definition) is 1. The van der Waals surface area contributed by atoms with Crippen molar-refractivity contribution in [1.82, 2.24) is 4.57 Å². The van der Waals surface area contributed by atoms with Gasteiger partial charge in [-0.3, -0.25) is 4.79 Å². The highest BCUT2D eigenvalue weighted by atomic mass is 127. The molecule has 0 amide bonds. The zero-order chi connectivity index (χ0) is 12.9. The van der Waals surface area contributed by atoms with Crippen molar-refractivity contribution < 1.29 is 14.2 Å². The van der Waals surface area contributed by atoms with Crippen LogP contribution in [0.2, 0.25) is 0 Å². The first kappa shape index (κ1) is 11.9. The van der Waals surface area contributed by atoms with E-state index < -0.39 is 5.82 Å². The standard InChI is InChI=1S/C12H9FINO3/c13-6-3-7-11-9(4-6)18-2-1-15(11)8(5-16)10(14)12(7)17/h3-4,16H,1-2,5H2. The van der Waals surface area contributed by atoms with Gasteiger partial charge in [-0.25, -0.2) is 4.39 Å². The van der Waals surface area contributed by atoms with E-state index in [1.165, 1.54) is 12.1 Å². The minimum Gasteiger partial charge on any atom is -0.489 e. The van der Waals surface area contributed by atoms with E-state index in [1.807, 2.05) is 27.2 Å². The van der Waals surface area contributed by atoms with Crippen molar-refractivity contribution in [2.24, 2.45) is 0 Å². The van der Waals surface area contributed by atoms with Gasteiger partial charge in [-0.1, -0.05) is 0 Å². The molecule has 1 N–H and O–H groups in total. The van der Waals surface area contributed by atoms with Crippen LogP contribution in [0.1, 0.15) is 5.69 Å². The maximum atomic E-state index is 13.5. The highest BCUT2D eigenvalue weighted by molar-refractivity contribution is 14.1. The molecule has 1 aromatic heterocycles. The molecule has 0 radical (unpaired) electrons. The van der Waals surface area contributed by atoms with Crippen molar-refractivity contribution in [2.45, 2.75) is 13.2 Å². The Morgan fingerprint density at radius 1 is 1.50 bits per heavy atom. The zero-order valence-corrected chi connectivity index (χ0v) is 11.4. The van der Waals surface area contributed by atoms with E-state index >= 15 is 0 Å². The number of rotatable bonds is 1. The Kier molecular flexibility index (Phi) is 2.78. The summed E-state index contributed by atoms with van der Waals surface area (Å²) in [6.45, 7) is 0.721. The van der Waals surface area contributed by atoms with E-state index in [1.54, 1.807) is 0 Å². The summed E-state index contributed by atoms with van der Waals surface area (Å²) in [5.74, 6) is -0.130.